The third-order valence-corrected chi connectivity index (χ3v) is 6.66. The summed E-state index contributed by atoms with van der Waals surface area (Å²) in [5, 5.41) is 4.19. The number of nitrogens with one attached hydrogen (secondary N) is 1. The number of carbonyl (C=O) groups is 1. The predicted molar refractivity (Wildman–Crippen MR) is 115 cm³/mol. The summed E-state index contributed by atoms with van der Waals surface area (Å²) in [6.45, 7) is 9.86. The molecule has 1 aromatic heterocycles. The Morgan fingerprint density at radius 2 is 2.07 bits per heavy atom. The van der Waals surface area contributed by atoms with E-state index in [0.717, 1.165) is 42.4 Å². The average molecular weight is 603 g/mol. The largest absolute Gasteiger partial charge is 3.00 e. The monoisotopic (exact) mass is 603 g/mol. The first-order chi connectivity index (χ1) is 13.4. The molecule has 1 aromatic carbocycles. The van der Waals surface area contributed by atoms with Gasteiger partial charge in [-0.2, -0.15) is 0 Å². The zero-order valence-electron chi connectivity index (χ0n) is 18.0. The average Bonchev–Trinajstić information content (AvgIpc) is 3.28. The summed E-state index contributed by atoms with van der Waals surface area (Å²) in [5.41, 5.74) is 5.78. The second-order valence-electron chi connectivity index (χ2n) is 8.17. The third kappa shape index (κ3) is 4.27. The minimum Gasteiger partial charge on any atom is -1.00 e. The molecule has 4 rings (SSSR count). The van der Waals surface area contributed by atoms with E-state index in [1.165, 1.54) is 16.7 Å². The van der Waals surface area contributed by atoms with Crippen LogP contribution in [0.2, 0.25) is 0 Å². The molecule has 0 saturated carbocycles. The van der Waals surface area contributed by atoms with Gasteiger partial charge in [-0.15, -0.1) is 0 Å². The Hall–Kier alpha value is -1.52. The summed E-state index contributed by atoms with van der Waals surface area (Å²) >= 11 is 0. The van der Waals surface area contributed by atoms with Crippen LogP contribution >= 0.6 is 0 Å². The minimum absolute atomic E-state index is 0. The van der Waals surface area contributed by atoms with Gasteiger partial charge in [0, 0.05) is 23.8 Å². The minimum atomic E-state index is -0.165. The van der Waals surface area contributed by atoms with Gasteiger partial charge in [-0.1, -0.05) is 19.1 Å². The molecule has 1 saturated heterocycles. The van der Waals surface area contributed by atoms with Crippen molar-refractivity contribution in [2.75, 3.05) is 11.9 Å². The molecular formula is C24H29ClIrN3O+2. The number of pyridine rings is 1. The number of fused-ring (bicyclic) bond motifs is 1. The van der Waals surface area contributed by atoms with E-state index in [2.05, 4.69) is 49.0 Å². The van der Waals surface area contributed by atoms with Crippen molar-refractivity contribution in [3.63, 3.8) is 0 Å². The molecule has 30 heavy (non-hydrogen) atoms. The van der Waals surface area contributed by atoms with Gasteiger partial charge in [-0.05, 0) is 81.0 Å². The van der Waals surface area contributed by atoms with Crippen LogP contribution in [0.4, 0.5) is 5.69 Å². The summed E-state index contributed by atoms with van der Waals surface area (Å²) < 4.78 is 0. The Labute approximate surface area is 199 Å². The van der Waals surface area contributed by atoms with E-state index in [1.54, 1.807) is 6.20 Å². The number of hydrogen-bond acceptors (Lipinski definition) is 3. The molecule has 4 nitrogen and oxygen atoms in total. The van der Waals surface area contributed by atoms with Gasteiger partial charge in [0.1, 0.15) is 0 Å². The number of anilines is 1. The molecule has 0 bridgehead atoms. The number of aromatic nitrogens is 1. The maximum atomic E-state index is 13.2. The normalized spacial score (nSPS) is 23.7. The van der Waals surface area contributed by atoms with Crippen molar-refractivity contribution in [2.45, 2.75) is 58.5 Å². The fraction of sp³-hybridized carbons (Fsp3) is 0.417. The van der Waals surface area contributed by atoms with Crippen molar-refractivity contribution in [2.24, 2.45) is 0 Å². The molecule has 2 atom stereocenters. The number of amides is 1. The van der Waals surface area contributed by atoms with Gasteiger partial charge in [0.25, 0.3) is 0 Å². The van der Waals surface area contributed by atoms with Crippen LogP contribution in [-0.4, -0.2) is 33.9 Å². The van der Waals surface area contributed by atoms with Gasteiger partial charge in [0.2, 0.25) is 5.91 Å². The zero-order valence-corrected chi connectivity index (χ0v) is 21.1. The first kappa shape index (κ1) is 24.7. The first-order valence-electron chi connectivity index (χ1n) is 10.3. The van der Waals surface area contributed by atoms with Crippen LogP contribution in [0.15, 0.2) is 59.3 Å². The first-order valence-corrected chi connectivity index (χ1v) is 10.3. The second-order valence-corrected chi connectivity index (χ2v) is 8.17. The van der Waals surface area contributed by atoms with E-state index in [0.29, 0.717) is 0 Å². The van der Waals surface area contributed by atoms with Crippen molar-refractivity contribution in [3.05, 3.63) is 59.3 Å². The Morgan fingerprint density at radius 1 is 1.30 bits per heavy atom. The molecule has 2 aliphatic rings. The quantitative estimate of drug-likeness (QED) is 0.583. The van der Waals surface area contributed by atoms with Crippen molar-refractivity contribution < 1.29 is 37.3 Å². The Morgan fingerprint density at radius 3 is 2.77 bits per heavy atom. The molecule has 1 amide bonds. The van der Waals surface area contributed by atoms with Crippen LogP contribution in [0.1, 0.15) is 47.0 Å². The topological polar surface area (TPSA) is 45.2 Å². The van der Waals surface area contributed by atoms with E-state index >= 15 is 0 Å². The number of carbonyl (C=O) groups excluding carboxylic acids is 1. The van der Waals surface area contributed by atoms with Crippen LogP contribution < -0.4 is 17.7 Å². The van der Waals surface area contributed by atoms with Gasteiger partial charge in [0.05, 0.1) is 17.1 Å². The third-order valence-electron chi connectivity index (χ3n) is 6.66. The van der Waals surface area contributed by atoms with Gasteiger partial charge >= 0.3 is 20.1 Å². The summed E-state index contributed by atoms with van der Waals surface area (Å²) in [5.74, 6) is 0.0887. The molecule has 6 heteroatoms. The molecule has 1 unspecified atom stereocenters. The number of nitrogens with zero attached hydrogens (tertiary/aromatic N) is 2. The van der Waals surface area contributed by atoms with E-state index in [-0.39, 0.29) is 50.0 Å². The van der Waals surface area contributed by atoms with Gasteiger partial charge in [-0.3, -0.25) is 14.7 Å². The van der Waals surface area contributed by atoms with Gasteiger partial charge < -0.3 is 17.7 Å². The smallest absolute Gasteiger partial charge is 1.00 e. The molecular weight excluding hydrogens is 574 g/mol. The summed E-state index contributed by atoms with van der Waals surface area (Å²) in [4.78, 5) is 19.9. The summed E-state index contributed by atoms with van der Waals surface area (Å²) in [6.07, 6.45) is 7.16. The number of halogens is 1. The number of benzene rings is 1. The Balaban J connectivity index is 0.00000160. The Bertz CT molecular complexity index is 1000. The van der Waals surface area contributed by atoms with Crippen molar-refractivity contribution >= 4 is 22.5 Å². The van der Waals surface area contributed by atoms with E-state index in [4.69, 9.17) is 0 Å². The van der Waals surface area contributed by atoms with Crippen LogP contribution in [-0.2, 0) is 24.9 Å². The molecule has 1 aliphatic heterocycles. The molecule has 0 radical (unpaired) electrons. The van der Waals surface area contributed by atoms with E-state index < -0.39 is 0 Å². The van der Waals surface area contributed by atoms with Gasteiger partial charge in [-0.25, -0.2) is 0 Å². The standard InChI is InChI=1S/C24H29N3O.ClH.Ir/c1-5-18-15-24(4,17(3)16(18)2)27-13-7-9-22(27)23(28)26-20-10-11-21-19(14-20)8-6-12-25-21;;/h6,8,10-12,14-15,22H,5,7,9,13H2,1-4H3,(H,26,28);1H;/q;;+3/p-1/t22?,24-;;/m1../s1. The SMILES string of the molecule is CCC1=C[C@@](C)(N2CCCC2C(=O)Nc2ccc3ncccc3c2)C(C)=C1C.[Cl-].[Ir+3]. The van der Waals surface area contributed by atoms with Crippen LogP contribution in [0, 0.1) is 0 Å². The molecule has 0 spiro atoms. The van der Waals surface area contributed by atoms with Crippen molar-refractivity contribution in [1.29, 1.82) is 0 Å². The fourth-order valence-electron chi connectivity index (χ4n) is 4.82. The Kier molecular flexibility index (Phi) is 8.03. The van der Waals surface area contributed by atoms with Crippen molar-refractivity contribution in [1.82, 2.24) is 9.88 Å². The number of likely N-dealkylation sites (tertiary alicyclic amines) is 1. The van der Waals surface area contributed by atoms with Crippen molar-refractivity contribution in [3.8, 4) is 0 Å². The van der Waals surface area contributed by atoms with Gasteiger partial charge in [0.15, 0.2) is 0 Å². The predicted octanol–water partition coefficient (Wildman–Crippen LogP) is 2.08. The van der Waals surface area contributed by atoms with Crippen LogP contribution in [0.3, 0.4) is 0 Å². The summed E-state index contributed by atoms with van der Waals surface area (Å²) in [7, 11) is 0. The second kappa shape index (κ2) is 9.74. The number of allylic oxidation sites excluding steroid dienone is 2. The zero-order chi connectivity index (χ0) is 19.9. The van der Waals surface area contributed by atoms with E-state index in [1.807, 2.05) is 30.3 Å². The molecule has 1 fully saturated rings. The number of hydrogen-bond donors (Lipinski definition) is 1. The molecule has 1 N–H and O–H groups in total. The maximum Gasteiger partial charge on any atom is 3.00 e. The molecule has 2 aromatic rings. The molecule has 1 aliphatic carbocycles. The number of rotatable bonds is 4. The molecule has 160 valence electrons. The molecule has 2 heterocycles. The maximum absolute atomic E-state index is 13.2. The van der Waals surface area contributed by atoms with Crippen LogP contribution in [0.5, 0.6) is 0 Å². The summed E-state index contributed by atoms with van der Waals surface area (Å²) in [6, 6.07) is 9.73. The van der Waals surface area contributed by atoms with Crippen LogP contribution in [0.25, 0.3) is 10.9 Å². The van der Waals surface area contributed by atoms with E-state index in [9.17, 15) is 4.79 Å². The fourth-order valence-corrected chi connectivity index (χ4v) is 4.82.